The third-order valence-electron chi connectivity index (χ3n) is 5.33. The molecule has 10 nitrogen and oxygen atoms in total. The van der Waals surface area contributed by atoms with Crippen LogP contribution in [-0.4, -0.2) is 37.6 Å². The molecule has 174 valence electrons. The minimum atomic E-state index is -0.474. The molecule has 1 aliphatic heterocycles. The minimum Gasteiger partial charge on any atom is -0.454 e. The van der Waals surface area contributed by atoms with Gasteiger partial charge in [0.2, 0.25) is 12.7 Å². The Morgan fingerprint density at radius 1 is 1.15 bits per heavy atom. The lowest BCUT2D eigenvalue weighted by Gasteiger charge is -2.12. The van der Waals surface area contributed by atoms with Crippen molar-refractivity contribution in [3.8, 4) is 11.5 Å². The van der Waals surface area contributed by atoms with E-state index in [0.29, 0.717) is 35.3 Å². The highest BCUT2D eigenvalue weighted by Crippen LogP contribution is 2.32. The van der Waals surface area contributed by atoms with Crippen molar-refractivity contribution in [2.45, 2.75) is 37.8 Å². The van der Waals surface area contributed by atoms with Gasteiger partial charge in [0.25, 0.3) is 5.56 Å². The van der Waals surface area contributed by atoms with Crippen LogP contribution in [0, 0.1) is 0 Å². The third kappa shape index (κ3) is 4.72. The summed E-state index contributed by atoms with van der Waals surface area (Å²) in [7, 11) is 2.99. The number of hydrogen-bond acceptors (Lipinski definition) is 8. The molecule has 1 aromatic carbocycles. The minimum absolute atomic E-state index is 0.0654. The van der Waals surface area contributed by atoms with Gasteiger partial charge in [-0.15, -0.1) is 0 Å². The van der Waals surface area contributed by atoms with Gasteiger partial charge in [0.1, 0.15) is 16.2 Å². The average molecular weight is 472 g/mol. The number of carbonyl (C=O) groups excluding carboxylic acids is 1. The Bertz CT molecular complexity index is 1330. The van der Waals surface area contributed by atoms with Gasteiger partial charge in [0, 0.05) is 27.1 Å². The summed E-state index contributed by atoms with van der Waals surface area (Å²) in [6, 6.07) is 5.50. The topological polar surface area (TPSA) is 117 Å². The van der Waals surface area contributed by atoms with E-state index < -0.39 is 11.2 Å². The number of unbranched alkanes of at least 4 members (excludes halogenated alkanes) is 1. The van der Waals surface area contributed by atoms with Gasteiger partial charge in [-0.1, -0.05) is 31.2 Å². The van der Waals surface area contributed by atoms with E-state index in [2.05, 4.69) is 22.2 Å². The van der Waals surface area contributed by atoms with Crippen LogP contribution < -0.4 is 26.0 Å². The van der Waals surface area contributed by atoms with Gasteiger partial charge in [-0.05, 0) is 24.1 Å². The molecule has 0 saturated carbocycles. The Hall–Kier alpha value is -3.34. The highest BCUT2D eigenvalue weighted by Gasteiger charge is 2.18. The van der Waals surface area contributed by atoms with Crippen molar-refractivity contribution in [3.63, 3.8) is 0 Å². The zero-order valence-electron chi connectivity index (χ0n) is 18.7. The predicted octanol–water partition coefficient (Wildman–Crippen LogP) is 1.51. The second-order valence-electron chi connectivity index (χ2n) is 7.71. The van der Waals surface area contributed by atoms with E-state index in [1.807, 2.05) is 18.2 Å². The summed E-state index contributed by atoms with van der Waals surface area (Å²) in [6.07, 6.45) is 2.46. The standard InChI is InChI=1S/C22H25N5O5S/c1-4-5-6-16-24-19-18(21(29)27(3)22(30)26(19)2)20(25-16)33-11-17(28)23-10-13-7-8-14-15(9-13)32-12-31-14/h7-9H,4-6,10-12H2,1-3H3,(H,23,28). The fourth-order valence-corrected chi connectivity index (χ4v) is 4.32. The van der Waals surface area contributed by atoms with Crippen LogP contribution in [0.1, 0.15) is 31.2 Å². The number of fused-ring (bicyclic) bond motifs is 2. The smallest absolute Gasteiger partial charge is 0.332 e. The molecule has 11 heteroatoms. The van der Waals surface area contributed by atoms with Crippen LogP contribution in [-0.2, 0) is 31.9 Å². The van der Waals surface area contributed by atoms with Crippen LogP contribution in [0.25, 0.3) is 11.0 Å². The largest absolute Gasteiger partial charge is 0.454 e. The molecule has 0 bridgehead atoms. The number of thioether (sulfide) groups is 1. The Morgan fingerprint density at radius 2 is 1.94 bits per heavy atom. The molecule has 1 aliphatic rings. The molecule has 33 heavy (non-hydrogen) atoms. The zero-order valence-corrected chi connectivity index (χ0v) is 19.5. The number of nitrogens with one attached hydrogen (secondary N) is 1. The number of amides is 1. The maximum atomic E-state index is 12.8. The number of carbonyl (C=O) groups is 1. The molecule has 1 amide bonds. The number of aryl methyl sites for hydroxylation is 2. The molecule has 3 heterocycles. The summed E-state index contributed by atoms with van der Waals surface area (Å²) in [5.74, 6) is 1.75. The van der Waals surface area contributed by atoms with Gasteiger partial charge in [-0.3, -0.25) is 18.7 Å². The molecule has 0 aliphatic carbocycles. The molecular formula is C22H25N5O5S. The maximum Gasteiger partial charge on any atom is 0.332 e. The van der Waals surface area contributed by atoms with Gasteiger partial charge in [0.05, 0.1) is 5.75 Å². The normalized spacial score (nSPS) is 12.3. The second kappa shape index (κ2) is 9.65. The molecule has 3 aromatic rings. The van der Waals surface area contributed by atoms with Crippen molar-refractivity contribution >= 4 is 28.7 Å². The van der Waals surface area contributed by atoms with E-state index in [1.54, 1.807) is 7.05 Å². The number of aromatic nitrogens is 4. The first kappa shape index (κ1) is 22.8. The van der Waals surface area contributed by atoms with Crippen molar-refractivity contribution in [3.05, 3.63) is 50.4 Å². The zero-order chi connectivity index (χ0) is 23.5. The Balaban J connectivity index is 1.53. The first-order valence-electron chi connectivity index (χ1n) is 10.6. The lowest BCUT2D eigenvalue weighted by molar-refractivity contribution is -0.118. The SMILES string of the molecule is CCCCc1nc(SCC(=O)NCc2ccc3c(c2)OCO3)c2c(=O)n(C)c(=O)n(C)c2n1. The number of ether oxygens (including phenoxy) is 2. The molecule has 0 radical (unpaired) electrons. The Kier molecular flexibility index (Phi) is 6.68. The van der Waals surface area contributed by atoms with Crippen molar-refractivity contribution < 1.29 is 14.3 Å². The van der Waals surface area contributed by atoms with Gasteiger partial charge in [0.15, 0.2) is 17.1 Å². The van der Waals surface area contributed by atoms with E-state index in [-0.39, 0.29) is 29.5 Å². The summed E-state index contributed by atoms with van der Waals surface area (Å²) in [5.41, 5.74) is 0.242. The highest BCUT2D eigenvalue weighted by atomic mass is 32.2. The number of nitrogens with zero attached hydrogens (tertiary/aromatic N) is 4. The van der Waals surface area contributed by atoms with Gasteiger partial charge < -0.3 is 14.8 Å². The van der Waals surface area contributed by atoms with Crippen LogP contribution in [0.3, 0.4) is 0 Å². The molecule has 0 unspecified atom stereocenters. The first-order valence-corrected chi connectivity index (χ1v) is 11.6. The van der Waals surface area contributed by atoms with E-state index >= 15 is 0 Å². The maximum absolute atomic E-state index is 12.8. The van der Waals surface area contributed by atoms with Gasteiger partial charge in [-0.25, -0.2) is 14.8 Å². The molecular weight excluding hydrogens is 446 g/mol. The van der Waals surface area contributed by atoms with Crippen LogP contribution in [0.15, 0.2) is 32.8 Å². The van der Waals surface area contributed by atoms with Crippen LogP contribution in [0.2, 0.25) is 0 Å². The average Bonchev–Trinajstić information content (AvgIpc) is 3.29. The van der Waals surface area contributed by atoms with E-state index in [9.17, 15) is 14.4 Å². The summed E-state index contributed by atoms with van der Waals surface area (Å²) >= 11 is 1.16. The summed E-state index contributed by atoms with van der Waals surface area (Å²) in [5, 5.41) is 3.51. The third-order valence-corrected chi connectivity index (χ3v) is 6.31. The molecule has 2 aromatic heterocycles. The fraction of sp³-hybridized carbons (Fsp3) is 0.409. The highest BCUT2D eigenvalue weighted by molar-refractivity contribution is 8.00. The lowest BCUT2D eigenvalue weighted by atomic mass is 10.2. The molecule has 0 atom stereocenters. The van der Waals surface area contributed by atoms with Crippen LogP contribution in [0.4, 0.5) is 0 Å². The lowest BCUT2D eigenvalue weighted by Crippen LogP contribution is -2.38. The molecule has 0 spiro atoms. The first-order chi connectivity index (χ1) is 15.9. The van der Waals surface area contributed by atoms with E-state index in [0.717, 1.165) is 34.7 Å². The van der Waals surface area contributed by atoms with Crippen molar-refractivity contribution in [2.24, 2.45) is 14.1 Å². The Morgan fingerprint density at radius 3 is 2.73 bits per heavy atom. The summed E-state index contributed by atoms with van der Waals surface area (Å²) in [4.78, 5) is 46.7. The van der Waals surface area contributed by atoms with Crippen LogP contribution in [0.5, 0.6) is 11.5 Å². The van der Waals surface area contributed by atoms with E-state index in [1.165, 1.54) is 11.6 Å². The van der Waals surface area contributed by atoms with Gasteiger partial charge >= 0.3 is 5.69 Å². The summed E-state index contributed by atoms with van der Waals surface area (Å²) < 4.78 is 13.0. The quantitative estimate of drug-likeness (QED) is 0.388. The van der Waals surface area contributed by atoms with Crippen molar-refractivity contribution in [1.29, 1.82) is 0 Å². The number of hydrogen-bond donors (Lipinski definition) is 1. The monoisotopic (exact) mass is 471 g/mol. The number of benzene rings is 1. The van der Waals surface area contributed by atoms with E-state index in [4.69, 9.17) is 9.47 Å². The second-order valence-corrected chi connectivity index (χ2v) is 8.67. The summed E-state index contributed by atoms with van der Waals surface area (Å²) in [6.45, 7) is 2.59. The molecule has 1 N–H and O–H groups in total. The van der Waals surface area contributed by atoms with Crippen LogP contribution >= 0.6 is 11.8 Å². The molecule has 4 rings (SSSR count). The predicted molar refractivity (Wildman–Crippen MR) is 124 cm³/mol. The Labute approximate surface area is 193 Å². The molecule has 0 fully saturated rings. The fourth-order valence-electron chi connectivity index (χ4n) is 3.46. The molecule has 0 saturated heterocycles. The van der Waals surface area contributed by atoms with Crippen molar-refractivity contribution in [1.82, 2.24) is 24.4 Å². The van der Waals surface area contributed by atoms with Gasteiger partial charge in [-0.2, -0.15) is 0 Å². The van der Waals surface area contributed by atoms with Crippen molar-refractivity contribution in [2.75, 3.05) is 12.5 Å². The number of rotatable bonds is 8.